The maximum absolute atomic E-state index is 11.4. The summed E-state index contributed by atoms with van der Waals surface area (Å²) in [5.41, 5.74) is 1.73. The standard InChI is InChI=1S/C17H10BrN5O6/c18-13-5-7-15(22(26)27)17-10(2-1-3-12(13)17)9-19-20-14-6-4-11(21(24)25)8-16(14)23(28)29/h1-9,20H. The van der Waals surface area contributed by atoms with E-state index in [4.69, 9.17) is 0 Å². The van der Waals surface area contributed by atoms with Crippen LogP contribution in [0.25, 0.3) is 10.8 Å². The molecule has 146 valence electrons. The van der Waals surface area contributed by atoms with Crippen LogP contribution in [0.3, 0.4) is 0 Å². The third kappa shape index (κ3) is 4.01. The number of anilines is 1. The third-order valence-electron chi connectivity index (χ3n) is 3.97. The van der Waals surface area contributed by atoms with Crippen LogP contribution in [0.1, 0.15) is 5.56 Å². The molecule has 0 radical (unpaired) electrons. The van der Waals surface area contributed by atoms with Crippen LogP contribution in [0.15, 0.2) is 58.1 Å². The molecule has 0 aromatic heterocycles. The van der Waals surface area contributed by atoms with Crippen LogP contribution in [0, 0.1) is 30.3 Å². The molecule has 11 nitrogen and oxygen atoms in total. The van der Waals surface area contributed by atoms with Crippen molar-refractivity contribution < 1.29 is 14.8 Å². The summed E-state index contributed by atoms with van der Waals surface area (Å²) < 4.78 is 0.660. The van der Waals surface area contributed by atoms with Crippen molar-refractivity contribution in [3.63, 3.8) is 0 Å². The summed E-state index contributed by atoms with van der Waals surface area (Å²) in [6.45, 7) is 0. The first-order chi connectivity index (χ1) is 13.8. The number of benzene rings is 3. The zero-order valence-corrected chi connectivity index (χ0v) is 15.9. The lowest BCUT2D eigenvalue weighted by Crippen LogP contribution is -1.99. The van der Waals surface area contributed by atoms with E-state index in [2.05, 4.69) is 26.5 Å². The fraction of sp³-hybridized carbons (Fsp3) is 0. The number of hydrogen-bond donors (Lipinski definition) is 1. The molecule has 29 heavy (non-hydrogen) atoms. The lowest BCUT2D eigenvalue weighted by atomic mass is 10.0. The Labute approximate surface area is 170 Å². The minimum atomic E-state index is -0.773. The molecular formula is C17H10BrN5O6. The van der Waals surface area contributed by atoms with Gasteiger partial charge in [0.05, 0.1) is 32.4 Å². The first kappa shape index (κ1) is 19.8. The first-order valence-electron chi connectivity index (χ1n) is 7.87. The van der Waals surface area contributed by atoms with Gasteiger partial charge in [-0.05, 0) is 12.1 Å². The molecule has 3 rings (SSSR count). The van der Waals surface area contributed by atoms with Gasteiger partial charge in [0, 0.05) is 27.6 Å². The van der Waals surface area contributed by atoms with Crippen molar-refractivity contribution in [2.45, 2.75) is 0 Å². The maximum atomic E-state index is 11.4. The second-order valence-electron chi connectivity index (χ2n) is 5.68. The van der Waals surface area contributed by atoms with E-state index in [0.29, 0.717) is 20.8 Å². The molecule has 0 heterocycles. The van der Waals surface area contributed by atoms with Gasteiger partial charge in [0.1, 0.15) is 5.69 Å². The largest absolute Gasteiger partial charge is 0.301 e. The predicted octanol–water partition coefficient (Wildman–Crippen LogP) is 4.77. The predicted molar refractivity (Wildman–Crippen MR) is 109 cm³/mol. The molecule has 12 heteroatoms. The SMILES string of the molecule is O=[N+]([O-])c1ccc(NN=Cc2cccc3c(Br)ccc([N+](=O)[O-])c23)c([N+](=O)[O-])c1. The lowest BCUT2D eigenvalue weighted by molar-refractivity contribution is -0.393. The molecule has 0 bridgehead atoms. The molecule has 0 atom stereocenters. The molecule has 0 aliphatic heterocycles. The van der Waals surface area contributed by atoms with Crippen LogP contribution in [0.5, 0.6) is 0 Å². The van der Waals surface area contributed by atoms with Crippen LogP contribution in [-0.4, -0.2) is 21.0 Å². The zero-order chi connectivity index (χ0) is 21.1. The Hall–Kier alpha value is -3.93. The minimum absolute atomic E-state index is 0.0623. The highest BCUT2D eigenvalue weighted by atomic mass is 79.9. The Bertz CT molecular complexity index is 1200. The number of hydrazone groups is 1. The average Bonchev–Trinajstić information content (AvgIpc) is 2.68. The number of rotatable bonds is 6. The van der Waals surface area contributed by atoms with Gasteiger partial charge < -0.3 is 0 Å². The van der Waals surface area contributed by atoms with E-state index in [1.165, 1.54) is 12.3 Å². The van der Waals surface area contributed by atoms with Crippen LogP contribution in [0.4, 0.5) is 22.7 Å². The fourth-order valence-electron chi connectivity index (χ4n) is 2.69. The third-order valence-corrected chi connectivity index (χ3v) is 4.66. The number of hydrogen-bond acceptors (Lipinski definition) is 8. The van der Waals surface area contributed by atoms with Crippen LogP contribution in [-0.2, 0) is 0 Å². The number of halogens is 1. The molecule has 0 aliphatic carbocycles. The molecule has 0 saturated heterocycles. The van der Waals surface area contributed by atoms with Crippen molar-refractivity contribution in [1.82, 2.24) is 0 Å². The van der Waals surface area contributed by atoms with E-state index in [9.17, 15) is 30.3 Å². The molecule has 0 saturated carbocycles. The molecule has 0 unspecified atom stereocenters. The Morgan fingerprint density at radius 1 is 0.897 bits per heavy atom. The van der Waals surface area contributed by atoms with Gasteiger partial charge in [0.2, 0.25) is 0 Å². The number of nitro groups is 3. The Kier molecular flexibility index (Phi) is 5.45. The summed E-state index contributed by atoms with van der Waals surface area (Å²) in [4.78, 5) is 31.3. The Balaban J connectivity index is 2.01. The minimum Gasteiger partial charge on any atom is -0.272 e. The van der Waals surface area contributed by atoms with Gasteiger partial charge >= 0.3 is 5.69 Å². The van der Waals surface area contributed by atoms with Crippen molar-refractivity contribution in [1.29, 1.82) is 0 Å². The highest BCUT2D eigenvalue weighted by Gasteiger charge is 2.19. The molecular weight excluding hydrogens is 450 g/mol. The zero-order valence-electron chi connectivity index (χ0n) is 14.3. The molecule has 3 aromatic carbocycles. The highest BCUT2D eigenvalue weighted by molar-refractivity contribution is 9.10. The molecule has 1 N–H and O–H groups in total. The molecule has 0 amide bonds. The van der Waals surface area contributed by atoms with Gasteiger partial charge in [-0.15, -0.1) is 0 Å². The number of nitrogens with zero attached hydrogens (tertiary/aromatic N) is 4. The second-order valence-corrected chi connectivity index (χ2v) is 6.53. The van der Waals surface area contributed by atoms with E-state index in [0.717, 1.165) is 18.2 Å². The topological polar surface area (TPSA) is 154 Å². The normalized spacial score (nSPS) is 10.9. The van der Waals surface area contributed by atoms with Crippen LogP contribution < -0.4 is 5.43 Å². The number of nitro benzene ring substituents is 3. The van der Waals surface area contributed by atoms with E-state index in [1.807, 2.05) is 0 Å². The number of fused-ring (bicyclic) bond motifs is 1. The Morgan fingerprint density at radius 2 is 1.62 bits per heavy atom. The summed E-state index contributed by atoms with van der Waals surface area (Å²) in [6, 6.07) is 11.0. The summed E-state index contributed by atoms with van der Waals surface area (Å²) in [6.07, 6.45) is 1.28. The van der Waals surface area contributed by atoms with Gasteiger partial charge in [-0.2, -0.15) is 5.10 Å². The molecule has 0 spiro atoms. The summed E-state index contributed by atoms with van der Waals surface area (Å²) in [5.74, 6) is 0. The van der Waals surface area contributed by atoms with E-state index in [-0.39, 0.29) is 11.4 Å². The van der Waals surface area contributed by atoms with Crippen LogP contribution in [0.2, 0.25) is 0 Å². The molecule has 0 aliphatic rings. The second kappa shape index (κ2) is 7.98. The molecule has 3 aromatic rings. The van der Waals surface area contributed by atoms with Gasteiger partial charge in [-0.1, -0.05) is 34.1 Å². The van der Waals surface area contributed by atoms with Crippen LogP contribution >= 0.6 is 15.9 Å². The summed E-state index contributed by atoms with van der Waals surface area (Å²) in [7, 11) is 0. The smallest absolute Gasteiger partial charge is 0.272 e. The van der Waals surface area contributed by atoms with Crippen molar-refractivity contribution in [2.75, 3.05) is 5.43 Å². The quantitative estimate of drug-likeness (QED) is 0.316. The van der Waals surface area contributed by atoms with Gasteiger partial charge in [-0.3, -0.25) is 35.8 Å². The Morgan fingerprint density at radius 3 is 2.28 bits per heavy atom. The number of nitrogens with one attached hydrogen (secondary N) is 1. The van der Waals surface area contributed by atoms with Gasteiger partial charge in [0.25, 0.3) is 11.4 Å². The fourth-order valence-corrected chi connectivity index (χ4v) is 3.15. The number of non-ortho nitro benzene ring substituents is 2. The average molecular weight is 460 g/mol. The van der Waals surface area contributed by atoms with E-state index >= 15 is 0 Å². The first-order valence-corrected chi connectivity index (χ1v) is 8.66. The van der Waals surface area contributed by atoms with Gasteiger partial charge in [-0.25, -0.2) is 0 Å². The van der Waals surface area contributed by atoms with E-state index < -0.39 is 26.1 Å². The monoisotopic (exact) mass is 459 g/mol. The van der Waals surface area contributed by atoms with Crippen molar-refractivity contribution >= 4 is 55.7 Å². The van der Waals surface area contributed by atoms with Crippen molar-refractivity contribution in [2.24, 2.45) is 5.10 Å². The summed E-state index contributed by atoms with van der Waals surface area (Å²) >= 11 is 3.35. The lowest BCUT2D eigenvalue weighted by Gasteiger charge is -2.06. The van der Waals surface area contributed by atoms with E-state index in [1.54, 1.807) is 24.3 Å². The maximum Gasteiger partial charge on any atom is 0.301 e. The summed E-state index contributed by atoms with van der Waals surface area (Å²) in [5, 5.41) is 38.2. The van der Waals surface area contributed by atoms with Crippen molar-refractivity contribution in [3.05, 3.63) is 88.9 Å². The van der Waals surface area contributed by atoms with Crippen molar-refractivity contribution in [3.8, 4) is 0 Å². The van der Waals surface area contributed by atoms with Gasteiger partial charge in [0.15, 0.2) is 0 Å². The molecule has 0 fully saturated rings. The highest BCUT2D eigenvalue weighted by Crippen LogP contribution is 2.33.